The van der Waals surface area contributed by atoms with E-state index in [-0.39, 0.29) is 0 Å². The molecule has 0 spiro atoms. The third-order valence-electron chi connectivity index (χ3n) is 8.45. The maximum atomic E-state index is 5.09. The number of nitrogens with zero attached hydrogens (tertiary/aromatic N) is 3. The van der Waals surface area contributed by atoms with Crippen LogP contribution in [0.3, 0.4) is 0 Å². The Morgan fingerprint density at radius 1 is 0.318 bits per heavy atom. The second kappa shape index (κ2) is 10.6. The monoisotopic (exact) mass is 563 g/mol. The van der Waals surface area contributed by atoms with Gasteiger partial charge in [0, 0.05) is 16.7 Å². The maximum absolute atomic E-state index is 5.09. The molecule has 44 heavy (non-hydrogen) atoms. The average molecular weight is 564 g/mol. The Bertz CT molecular complexity index is 2280. The highest BCUT2D eigenvalue weighted by molar-refractivity contribution is 6.28. The summed E-state index contributed by atoms with van der Waals surface area (Å²) in [5.74, 6) is 2.01. The first kappa shape index (κ1) is 26.0. The second-order valence-corrected chi connectivity index (χ2v) is 10.8. The summed E-state index contributed by atoms with van der Waals surface area (Å²) in [5, 5.41) is 7.34. The molecule has 7 aromatic carbocycles. The number of fused-ring (bicyclic) bond motifs is 7. The van der Waals surface area contributed by atoms with Gasteiger partial charge in [0.05, 0.1) is 0 Å². The van der Waals surface area contributed by atoms with Gasteiger partial charge in [0.15, 0.2) is 17.5 Å². The largest absolute Gasteiger partial charge is 0.208 e. The van der Waals surface area contributed by atoms with Gasteiger partial charge in [0.2, 0.25) is 0 Å². The van der Waals surface area contributed by atoms with E-state index in [0.29, 0.717) is 17.5 Å². The summed E-state index contributed by atoms with van der Waals surface area (Å²) < 4.78 is 0. The van der Waals surface area contributed by atoms with Crippen molar-refractivity contribution in [1.82, 2.24) is 15.0 Å². The first-order valence-corrected chi connectivity index (χ1v) is 15.2. The lowest BCUT2D eigenvalue weighted by molar-refractivity contribution is 1.08. The molecule has 0 unspecified atom stereocenters. The Balaban J connectivity index is 0.00000142. The predicted molar refractivity (Wildman–Crippen MR) is 184 cm³/mol. The van der Waals surface area contributed by atoms with E-state index < -0.39 is 0 Å². The van der Waals surface area contributed by atoms with Crippen molar-refractivity contribution in [2.75, 3.05) is 0 Å². The zero-order valence-electron chi connectivity index (χ0n) is 24.6. The first-order chi connectivity index (χ1) is 21.8. The second-order valence-electron chi connectivity index (χ2n) is 10.8. The fourth-order valence-corrected chi connectivity index (χ4v) is 6.56. The summed E-state index contributed by atoms with van der Waals surface area (Å²) in [5.41, 5.74) is 8.14. The summed E-state index contributed by atoms with van der Waals surface area (Å²) in [6, 6.07) is 49.1. The van der Waals surface area contributed by atoms with Gasteiger partial charge < -0.3 is 0 Å². The highest BCUT2D eigenvalue weighted by Gasteiger charge is 2.24. The standard InChI is InChI=1S/C39H23N3.C2H6/c1-3-12-24(13-4-1)37-40-38(25-14-5-2-6-15-25)42-39(41-37)35-23-33-31-21-11-20-30-26-16-7-9-18-28(26)34(36(30)31)22-32(33)27-17-8-10-19-29(27)35;1-2/h1-23H;1-2H3. The number of aromatic nitrogens is 3. The van der Waals surface area contributed by atoms with Crippen LogP contribution in [0.25, 0.3) is 88.7 Å². The fourth-order valence-electron chi connectivity index (χ4n) is 6.56. The van der Waals surface area contributed by atoms with Gasteiger partial charge in [-0.2, -0.15) is 0 Å². The van der Waals surface area contributed by atoms with E-state index >= 15 is 0 Å². The average Bonchev–Trinajstić information content (AvgIpc) is 3.44. The van der Waals surface area contributed by atoms with E-state index in [1.54, 1.807) is 0 Å². The van der Waals surface area contributed by atoms with E-state index in [1.807, 2.05) is 50.2 Å². The molecule has 3 heteroatoms. The zero-order chi connectivity index (χ0) is 29.6. The van der Waals surface area contributed by atoms with Crippen LogP contribution in [0, 0.1) is 0 Å². The van der Waals surface area contributed by atoms with Crippen molar-refractivity contribution in [1.29, 1.82) is 0 Å². The fraction of sp³-hybridized carbons (Fsp3) is 0.0488. The zero-order valence-corrected chi connectivity index (χ0v) is 24.6. The number of hydrogen-bond donors (Lipinski definition) is 0. The Labute approximate surface area is 256 Å². The molecule has 0 aliphatic heterocycles. The molecule has 0 saturated carbocycles. The van der Waals surface area contributed by atoms with E-state index in [0.717, 1.165) is 22.1 Å². The molecule has 8 aromatic rings. The van der Waals surface area contributed by atoms with E-state index in [1.165, 1.54) is 49.2 Å². The summed E-state index contributed by atoms with van der Waals surface area (Å²) in [6.07, 6.45) is 0. The van der Waals surface area contributed by atoms with Crippen LogP contribution < -0.4 is 0 Å². The van der Waals surface area contributed by atoms with Crippen molar-refractivity contribution >= 4 is 32.3 Å². The summed E-state index contributed by atoms with van der Waals surface area (Å²) >= 11 is 0. The summed E-state index contributed by atoms with van der Waals surface area (Å²) in [7, 11) is 0. The van der Waals surface area contributed by atoms with Gasteiger partial charge in [-0.1, -0.05) is 141 Å². The molecule has 9 rings (SSSR count). The molecule has 208 valence electrons. The van der Waals surface area contributed by atoms with Crippen LogP contribution in [0.4, 0.5) is 0 Å². The smallest absolute Gasteiger partial charge is 0.164 e. The Kier molecular flexibility index (Phi) is 6.23. The molecule has 3 nitrogen and oxygen atoms in total. The first-order valence-electron chi connectivity index (χ1n) is 15.2. The lowest BCUT2D eigenvalue weighted by atomic mass is 9.90. The maximum Gasteiger partial charge on any atom is 0.164 e. The van der Waals surface area contributed by atoms with Gasteiger partial charge >= 0.3 is 0 Å². The van der Waals surface area contributed by atoms with Gasteiger partial charge in [0.25, 0.3) is 0 Å². The molecular weight excluding hydrogens is 534 g/mol. The Hall–Kier alpha value is -5.67. The molecule has 1 heterocycles. The van der Waals surface area contributed by atoms with Crippen LogP contribution in [-0.4, -0.2) is 15.0 Å². The molecule has 1 aliphatic carbocycles. The van der Waals surface area contributed by atoms with Gasteiger partial charge in [-0.25, -0.2) is 15.0 Å². The third kappa shape index (κ3) is 4.01. The number of hydrogen-bond acceptors (Lipinski definition) is 3. The normalized spacial score (nSPS) is 11.4. The van der Waals surface area contributed by atoms with Gasteiger partial charge in [-0.3, -0.25) is 0 Å². The molecule has 0 N–H and O–H groups in total. The van der Waals surface area contributed by atoms with E-state index in [9.17, 15) is 0 Å². The van der Waals surface area contributed by atoms with E-state index in [2.05, 4.69) is 103 Å². The quantitative estimate of drug-likeness (QED) is 0.201. The topological polar surface area (TPSA) is 38.7 Å². The highest BCUT2D eigenvalue weighted by Crippen LogP contribution is 2.50. The number of rotatable bonds is 3. The predicted octanol–water partition coefficient (Wildman–Crippen LogP) is 11.0. The van der Waals surface area contributed by atoms with Crippen LogP contribution in [0.1, 0.15) is 13.8 Å². The van der Waals surface area contributed by atoms with Crippen LogP contribution in [0.2, 0.25) is 0 Å². The highest BCUT2D eigenvalue weighted by atomic mass is 15.0. The van der Waals surface area contributed by atoms with Crippen molar-refractivity contribution in [3.8, 4) is 56.4 Å². The molecule has 0 atom stereocenters. The van der Waals surface area contributed by atoms with Crippen LogP contribution in [0.5, 0.6) is 0 Å². The molecule has 0 radical (unpaired) electrons. The van der Waals surface area contributed by atoms with E-state index in [4.69, 9.17) is 15.0 Å². The Morgan fingerprint density at radius 3 is 1.43 bits per heavy atom. The van der Waals surface area contributed by atoms with Crippen molar-refractivity contribution in [3.05, 3.63) is 140 Å². The molecule has 0 fully saturated rings. The summed E-state index contributed by atoms with van der Waals surface area (Å²) in [4.78, 5) is 15.1. The lowest BCUT2D eigenvalue weighted by Gasteiger charge is -2.15. The Morgan fingerprint density at radius 2 is 0.773 bits per heavy atom. The minimum Gasteiger partial charge on any atom is -0.208 e. The van der Waals surface area contributed by atoms with Crippen LogP contribution in [0.15, 0.2) is 140 Å². The van der Waals surface area contributed by atoms with Gasteiger partial charge in [-0.05, 0) is 66.7 Å². The minimum atomic E-state index is 0.666. The molecule has 0 bridgehead atoms. The minimum absolute atomic E-state index is 0.666. The molecule has 1 aliphatic rings. The van der Waals surface area contributed by atoms with Crippen LogP contribution in [-0.2, 0) is 0 Å². The van der Waals surface area contributed by atoms with Crippen molar-refractivity contribution in [2.45, 2.75) is 13.8 Å². The third-order valence-corrected chi connectivity index (χ3v) is 8.45. The van der Waals surface area contributed by atoms with Crippen molar-refractivity contribution in [2.24, 2.45) is 0 Å². The van der Waals surface area contributed by atoms with Gasteiger partial charge in [0.1, 0.15) is 0 Å². The number of benzene rings is 7. The van der Waals surface area contributed by atoms with Crippen molar-refractivity contribution < 1.29 is 0 Å². The SMILES string of the molecule is CC.c1ccc(-c2nc(-c3ccccc3)nc(-c3cc4c5cccc6c5c(cc4c4ccccc34)-c3ccccc3-6)n2)cc1. The molecule has 0 amide bonds. The molecule has 0 saturated heterocycles. The summed E-state index contributed by atoms with van der Waals surface area (Å²) in [6.45, 7) is 4.00. The lowest BCUT2D eigenvalue weighted by Crippen LogP contribution is -2.00. The molecular formula is C41H29N3. The van der Waals surface area contributed by atoms with Gasteiger partial charge in [-0.15, -0.1) is 0 Å². The van der Waals surface area contributed by atoms with Crippen molar-refractivity contribution in [3.63, 3.8) is 0 Å². The van der Waals surface area contributed by atoms with Crippen LogP contribution >= 0.6 is 0 Å². The molecule has 1 aromatic heterocycles.